The number of unbranched alkanes of at least 4 members (excludes halogenated alkanes) is 14. The van der Waals surface area contributed by atoms with Gasteiger partial charge in [0.05, 0.1) is 26.4 Å². The van der Waals surface area contributed by atoms with E-state index < -0.39 is 0 Å². The summed E-state index contributed by atoms with van der Waals surface area (Å²) < 4.78 is 11.1. The van der Waals surface area contributed by atoms with Crippen LogP contribution in [0.25, 0.3) is 0 Å². The van der Waals surface area contributed by atoms with Crippen molar-refractivity contribution in [3.63, 3.8) is 0 Å². The van der Waals surface area contributed by atoms with Gasteiger partial charge in [-0.25, -0.2) is 0 Å². The molecule has 6 heteroatoms. The molecule has 6 nitrogen and oxygen atoms in total. The number of hydrogen-bond donors (Lipinski definition) is 2. The first-order chi connectivity index (χ1) is 22.6. The van der Waals surface area contributed by atoms with Gasteiger partial charge in [-0.15, -0.1) is 0 Å². The third kappa shape index (κ3) is 19.7. The van der Waals surface area contributed by atoms with Gasteiger partial charge in [0.1, 0.15) is 0 Å². The number of nitrogens with one attached hydrogen (secondary N) is 2. The first kappa shape index (κ1) is 39.5. The van der Waals surface area contributed by atoms with Gasteiger partial charge in [-0.3, -0.25) is 9.59 Å². The van der Waals surface area contributed by atoms with E-state index in [-0.39, 0.29) is 11.8 Å². The molecule has 0 spiro atoms. The first-order valence-corrected chi connectivity index (χ1v) is 18.5. The van der Waals surface area contributed by atoms with Crippen molar-refractivity contribution in [1.29, 1.82) is 0 Å². The summed E-state index contributed by atoms with van der Waals surface area (Å²) >= 11 is 0. The second kappa shape index (κ2) is 27.4. The number of carbonyl (C=O) groups is 2. The minimum atomic E-state index is -0.0765. The SMILES string of the molecule is CCCCCCCCCCc1ccc(C(=O)NCCOCCOCCNC(=O)c2ccc(CCCCCCCCCC)cc2)cc1. The predicted molar refractivity (Wildman–Crippen MR) is 192 cm³/mol. The van der Waals surface area contributed by atoms with Crippen molar-refractivity contribution < 1.29 is 19.1 Å². The van der Waals surface area contributed by atoms with Crippen LogP contribution in [-0.2, 0) is 22.3 Å². The maximum Gasteiger partial charge on any atom is 0.251 e. The van der Waals surface area contributed by atoms with Gasteiger partial charge in [0.15, 0.2) is 0 Å². The summed E-state index contributed by atoms with van der Waals surface area (Å²) in [4.78, 5) is 24.8. The zero-order valence-corrected chi connectivity index (χ0v) is 29.2. The molecule has 2 aromatic rings. The lowest BCUT2D eigenvalue weighted by Gasteiger charge is -2.09. The van der Waals surface area contributed by atoms with Crippen LogP contribution in [-0.4, -0.2) is 51.3 Å². The van der Waals surface area contributed by atoms with Crippen molar-refractivity contribution >= 4 is 11.8 Å². The Kier molecular flexibility index (Phi) is 23.5. The summed E-state index contributed by atoms with van der Waals surface area (Å²) in [5, 5.41) is 5.82. The minimum absolute atomic E-state index is 0.0765. The number of carbonyl (C=O) groups excluding carboxylic acids is 2. The number of amides is 2. The van der Waals surface area contributed by atoms with Crippen LogP contribution in [0.4, 0.5) is 0 Å². The lowest BCUT2D eigenvalue weighted by Crippen LogP contribution is -2.28. The maximum absolute atomic E-state index is 12.4. The molecule has 0 aromatic heterocycles. The van der Waals surface area contributed by atoms with Crippen LogP contribution in [0.3, 0.4) is 0 Å². The quantitative estimate of drug-likeness (QED) is 0.0873. The number of hydrogen-bond acceptors (Lipinski definition) is 4. The van der Waals surface area contributed by atoms with Gasteiger partial charge in [-0.1, -0.05) is 128 Å². The van der Waals surface area contributed by atoms with Gasteiger partial charge in [0, 0.05) is 24.2 Å². The van der Waals surface area contributed by atoms with E-state index in [4.69, 9.17) is 9.47 Å². The summed E-state index contributed by atoms with van der Waals surface area (Å²) in [5.41, 5.74) is 3.95. The molecule has 2 amide bonds. The third-order valence-electron chi connectivity index (χ3n) is 8.51. The lowest BCUT2D eigenvalue weighted by atomic mass is 10.0. The molecule has 0 bridgehead atoms. The summed E-state index contributed by atoms with van der Waals surface area (Å²) in [6.07, 6.45) is 23.3. The van der Waals surface area contributed by atoms with Crippen LogP contribution in [0.1, 0.15) is 148 Å². The normalized spacial score (nSPS) is 11.1. The second-order valence-electron chi connectivity index (χ2n) is 12.6. The maximum atomic E-state index is 12.4. The highest BCUT2D eigenvalue weighted by Gasteiger charge is 2.06. The van der Waals surface area contributed by atoms with E-state index in [1.54, 1.807) is 0 Å². The molecular formula is C40H64N2O4. The molecule has 0 aliphatic rings. The molecule has 2 rings (SSSR count). The van der Waals surface area contributed by atoms with Crippen LogP contribution in [0.15, 0.2) is 48.5 Å². The Hall–Kier alpha value is -2.70. The highest BCUT2D eigenvalue weighted by molar-refractivity contribution is 5.94. The highest BCUT2D eigenvalue weighted by atomic mass is 16.5. The topological polar surface area (TPSA) is 76.7 Å². The van der Waals surface area contributed by atoms with Crippen molar-refractivity contribution in [3.8, 4) is 0 Å². The largest absolute Gasteiger partial charge is 0.377 e. The average Bonchev–Trinajstić information content (AvgIpc) is 3.08. The average molecular weight is 637 g/mol. The monoisotopic (exact) mass is 636 g/mol. The van der Waals surface area contributed by atoms with E-state index in [9.17, 15) is 9.59 Å². The Morgan fingerprint density at radius 2 is 0.783 bits per heavy atom. The fourth-order valence-electron chi connectivity index (χ4n) is 5.57. The molecule has 2 N–H and O–H groups in total. The molecule has 0 atom stereocenters. The van der Waals surface area contributed by atoms with Crippen molar-refractivity contribution in [2.45, 2.75) is 129 Å². The van der Waals surface area contributed by atoms with Crippen LogP contribution in [0, 0.1) is 0 Å². The summed E-state index contributed by atoms with van der Waals surface area (Å²) in [6.45, 7) is 7.16. The van der Waals surface area contributed by atoms with Gasteiger partial charge in [-0.2, -0.15) is 0 Å². The van der Waals surface area contributed by atoms with Gasteiger partial charge < -0.3 is 20.1 Å². The lowest BCUT2D eigenvalue weighted by molar-refractivity contribution is 0.0486. The van der Waals surface area contributed by atoms with Crippen LogP contribution in [0.5, 0.6) is 0 Å². The summed E-state index contributed by atoms with van der Waals surface area (Å²) in [5.74, 6) is -0.153. The molecule has 0 fully saturated rings. The molecule has 0 aliphatic carbocycles. The van der Waals surface area contributed by atoms with Gasteiger partial charge >= 0.3 is 0 Å². The number of ether oxygens (including phenoxy) is 2. The van der Waals surface area contributed by atoms with Gasteiger partial charge in [0.2, 0.25) is 0 Å². The van der Waals surface area contributed by atoms with Gasteiger partial charge in [-0.05, 0) is 61.1 Å². The van der Waals surface area contributed by atoms with Crippen molar-refractivity contribution in [2.24, 2.45) is 0 Å². The van der Waals surface area contributed by atoms with Crippen LogP contribution >= 0.6 is 0 Å². The summed E-state index contributed by atoms with van der Waals surface area (Å²) in [6, 6.07) is 15.9. The van der Waals surface area contributed by atoms with Crippen LogP contribution < -0.4 is 10.6 Å². The second-order valence-corrected chi connectivity index (χ2v) is 12.6. The Balaban J connectivity index is 1.42. The molecule has 0 heterocycles. The van der Waals surface area contributed by atoms with Gasteiger partial charge in [0.25, 0.3) is 11.8 Å². The summed E-state index contributed by atoms with van der Waals surface area (Å²) in [7, 11) is 0. The zero-order valence-electron chi connectivity index (χ0n) is 29.2. The van der Waals surface area contributed by atoms with E-state index in [1.165, 1.54) is 114 Å². The predicted octanol–water partition coefficient (Wildman–Crippen LogP) is 9.25. The van der Waals surface area contributed by atoms with E-state index in [0.29, 0.717) is 50.6 Å². The standard InChI is InChI=1S/C40H64N2O4/c1-3-5-7-9-11-13-15-17-19-35-21-25-37(26-22-35)39(43)41-29-31-45-33-34-46-32-30-42-40(44)38-27-23-36(24-28-38)20-18-16-14-12-10-8-6-4-2/h21-28H,3-20,29-34H2,1-2H3,(H,41,43)(H,42,44). The molecule has 0 saturated heterocycles. The van der Waals surface area contributed by atoms with Crippen LogP contribution in [0.2, 0.25) is 0 Å². The first-order valence-electron chi connectivity index (χ1n) is 18.5. The Labute approximate surface area is 280 Å². The molecule has 0 radical (unpaired) electrons. The fourth-order valence-corrected chi connectivity index (χ4v) is 5.57. The molecule has 0 unspecified atom stereocenters. The van der Waals surface area contributed by atoms with Crippen molar-refractivity contribution in [3.05, 3.63) is 70.8 Å². The Morgan fingerprint density at radius 1 is 0.457 bits per heavy atom. The minimum Gasteiger partial charge on any atom is -0.377 e. The van der Waals surface area contributed by atoms with E-state index in [1.807, 2.05) is 24.3 Å². The zero-order chi connectivity index (χ0) is 32.9. The van der Waals surface area contributed by atoms with E-state index in [2.05, 4.69) is 48.7 Å². The number of aryl methyl sites for hydroxylation is 2. The molecule has 0 saturated carbocycles. The van der Waals surface area contributed by atoms with Crippen molar-refractivity contribution in [1.82, 2.24) is 10.6 Å². The smallest absolute Gasteiger partial charge is 0.251 e. The Morgan fingerprint density at radius 3 is 1.13 bits per heavy atom. The number of rotatable bonds is 29. The molecule has 2 aromatic carbocycles. The van der Waals surface area contributed by atoms with E-state index >= 15 is 0 Å². The third-order valence-corrected chi connectivity index (χ3v) is 8.51. The molecule has 258 valence electrons. The fraction of sp³-hybridized carbons (Fsp3) is 0.650. The van der Waals surface area contributed by atoms with E-state index in [0.717, 1.165) is 12.8 Å². The highest BCUT2D eigenvalue weighted by Crippen LogP contribution is 2.14. The Bertz CT molecular complexity index is 939. The number of benzene rings is 2. The van der Waals surface area contributed by atoms with Crippen molar-refractivity contribution in [2.75, 3.05) is 39.5 Å². The molecule has 0 aliphatic heterocycles. The molecule has 46 heavy (non-hydrogen) atoms. The molecular weight excluding hydrogens is 572 g/mol.